The molecule has 1 aliphatic heterocycles. The average Bonchev–Trinajstić information content (AvgIpc) is 2.63. The van der Waals surface area contributed by atoms with Crippen LogP contribution in [0.15, 0.2) is 30.3 Å². The molecular formula is C16H24N2O. The Kier molecular flexibility index (Phi) is 4.25. The van der Waals surface area contributed by atoms with E-state index in [1.165, 1.54) is 12.8 Å². The van der Waals surface area contributed by atoms with Gasteiger partial charge in [0.25, 0.3) is 0 Å². The van der Waals surface area contributed by atoms with Crippen LogP contribution in [0.5, 0.6) is 0 Å². The molecule has 1 saturated heterocycles. The molecule has 2 rings (SSSR count). The zero-order chi connectivity index (χ0) is 13.9. The van der Waals surface area contributed by atoms with Gasteiger partial charge < -0.3 is 10.6 Å². The number of rotatable bonds is 2. The molecule has 19 heavy (non-hydrogen) atoms. The highest BCUT2D eigenvalue weighted by Crippen LogP contribution is 2.25. The molecule has 1 heterocycles. The van der Waals surface area contributed by atoms with Crippen LogP contribution in [0.3, 0.4) is 0 Å². The number of hydrogen-bond acceptors (Lipinski definition) is 2. The van der Waals surface area contributed by atoms with Crippen molar-refractivity contribution in [2.75, 3.05) is 6.54 Å². The summed E-state index contributed by atoms with van der Waals surface area (Å²) in [6, 6.07) is 9.96. The number of benzene rings is 1. The van der Waals surface area contributed by atoms with Gasteiger partial charge in [0.1, 0.15) is 5.54 Å². The lowest BCUT2D eigenvalue weighted by Gasteiger charge is -2.35. The minimum Gasteiger partial charge on any atom is -0.338 e. The Hall–Kier alpha value is -1.35. The lowest BCUT2D eigenvalue weighted by atomic mass is 9.91. The predicted octanol–water partition coefficient (Wildman–Crippen LogP) is 2.65. The number of nitrogens with zero attached hydrogens (tertiary/aromatic N) is 1. The number of nitrogens with two attached hydrogens (primary N) is 1. The van der Waals surface area contributed by atoms with Crippen molar-refractivity contribution in [3.63, 3.8) is 0 Å². The largest absolute Gasteiger partial charge is 0.338 e. The van der Waals surface area contributed by atoms with Gasteiger partial charge in [0, 0.05) is 12.6 Å². The van der Waals surface area contributed by atoms with Gasteiger partial charge in [-0.3, -0.25) is 4.79 Å². The average molecular weight is 260 g/mol. The zero-order valence-electron chi connectivity index (χ0n) is 11.9. The fourth-order valence-corrected chi connectivity index (χ4v) is 2.78. The number of carbonyl (C=O) groups excluding carboxylic acids is 1. The lowest BCUT2D eigenvalue weighted by Crippen LogP contribution is -2.53. The van der Waals surface area contributed by atoms with Crippen LogP contribution in [-0.4, -0.2) is 23.4 Å². The molecule has 3 heteroatoms. The van der Waals surface area contributed by atoms with Gasteiger partial charge in [0.2, 0.25) is 5.91 Å². The van der Waals surface area contributed by atoms with Gasteiger partial charge in [-0.05, 0) is 32.3 Å². The SMILES string of the molecule is CC1CCCCCN1C(=O)C(C)(N)c1ccccc1. The highest BCUT2D eigenvalue weighted by Gasteiger charge is 2.36. The van der Waals surface area contributed by atoms with E-state index < -0.39 is 5.54 Å². The van der Waals surface area contributed by atoms with Crippen molar-refractivity contribution in [3.05, 3.63) is 35.9 Å². The molecule has 0 radical (unpaired) electrons. The van der Waals surface area contributed by atoms with Crippen LogP contribution in [-0.2, 0) is 10.3 Å². The fraction of sp³-hybridized carbons (Fsp3) is 0.562. The predicted molar refractivity (Wildman–Crippen MR) is 77.6 cm³/mol. The van der Waals surface area contributed by atoms with E-state index >= 15 is 0 Å². The third kappa shape index (κ3) is 2.98. The lowest BCUT2D eigenvalue weighted by molar-refractivity contribution is -0.138. The molecule has 0 aliphatic carbocycles. The monoisotopic (exact) mass is 260 g/mol. The number of likely N-dealkylation sites (tertiary alicyclic amines) is 1. The number of amides is 1. The first kappa shape index (κ1) is 14.1. The summed E-state index contributed by atoms with van der Waals surface area (Å²) in [5.74, 6) is 0.0492. The Labute approximate surface area is 115 Å². The summed E-state index contributed by atoms with van der Waals surface area (Å²) < 4.78 is 0. The molecule has 2 N–H and O–H groups in total. The Bertz CT molecular complexity index is 428. The van der Waals surface area contributed by atoms with E-state index in [9.17, 15) is 4.79 Å². The van der Waals surface area contributed by atoms with Crippen LogP contribution >= 0.6 is 0 Å². The van der Waals surface area contributed by atoms with Crippen LogP contribution < -0.4 is 5.73 Å². The van der Waals surface area contributed by atoms with E-state index in [0.717, 1.165) is 24.9 Å². The third-order valence-electron chi connectivity index (χ3n) is 4.13. The van der Waals surface area contributed by atoms with Crippen molar-refractivity contribution >= 4 is 5.91 Å². The summed E-state index contributed by atoms with van der Waals surface area (Å²) in [4.78, 5) is 14.8. The van der Waals surface area contributed by atoms with Crippen LogP contribution in [0.1, 0.15) is 45.1 Å². The molecule has 2 atom stereocenters. The summed E-state index contributed by atoms with van der Waals surface area (Å²) in [5.41, 5.74) is 6.29. The normalized spacial score (nSPS) is 23.5. The smallest absolute Gasteiger partial charge is 0.247 e. The number of carbonyl (C=O) groups is 1. The van der Waals surface area contributed by atoms with Crippen LogP contribution in [0.4, 0.5) is 0 Å². The summed E-state index contributed by atoms with van der Waals surface area (Å²) in [5, 5.41) is 0. The van der Waals surface area contributed by atoms with Gasteiger partial charge in [-0.15, -0.1) is 0 Å². The molecule has 1 aromatic rings. The van der Waals surface area contributed by atoms with Gasteiger partial charge in [-0.25, -0.2) is 0 Å². The summed E-state index contributed by atoms with van der Waals surface area (Å²) in [6.45, 7) is 4.78. The van der Waals surface area contributed by atoms with E-state index in [4.69, 9.17) is 5.73 Å². The van der Waals surface area contributed by atoms with Gasteiger partial charge in [-0.2, -0.15) is 0 Å². The second kappa shape index (κ2) is 5.74. The van der Waals surface area contributed by atoms with Gasteiger partial charge >= 0.3 is 0 Å². The summed E-state index contributed by atoms with van der Waals surface area (Å²) in [6.07, 6.45) is 4.58. The minimum atomic E-state index is -0.931. The van der Waals surface area contributed by atoms with E-state index in [2.05, 4.69) is 6.92 Å². The molecule has 1 amide bonds. The van der Waals surface area contributed by atoms with E-state index in [1.54, 1.807) is 0 Å². The zero-order valence-corrected chi connectivity index (χ0v) is 11.9. The molecule has 0 bridgehead atoms. The molecule has 1 fully saturated rings. The van der Waals surface area contributed by atoms with Crippen LogP contribution in [0.2, 0.25) is 0 Å². The molecule has 0 spiro atoms. The Balaban J connectivity index is 2.22. The second-order valence-electron chi connectivity index (χ2n) is 5.77. The van der Waals surface area contributed by atoms with Crippen molar-refractivity contribution < 1.29 is 4.79 Å². The molecule has 104 valence electrons. The van der Waals surface area contributed by atoms with Crippen LogP contribution in [0.25, 0.3) is 0 Å². The fourth-order valence-electron chi connectivity index (χ4n) is 2.78. The second-order valence-corrected chi connectivity index (χ2v) is 5.77. The molecule has 0 aromatic heterocycles. The highest BCUT2D eigenvalue weighted by atomic mass is 16.2. The van der Waals surface area contributed by atoms with Crippen LogP contribution in [0, 0.1) is 0 Å². The number of hydrogen-bond donors (Lipinski definition) is 1. The van der Waals surface area contributed by atoms with Crippen molar-refractivity contribution in [2.24, 2.45) is 5.73 Å². The molecule has 2 unspecified atom stereocenters. The Morgan fingerprint density at radius 1 is 1.26 bits per heavy atom. The van der Waals surface area contributed by atoms with E-state index in [0.29, 0.717) is 6.04 Å². The highest BCUT2D eigenvalue weighted by molar-refractivity contribution is 5.87. The van der Waals surface area contributed by atoms with Crippen molar-refractivity contribution in [2.45, 2.75) is 51.1 Å². The third-order valence-corrected chi connectivity index (χ3v) is 4.13. The molecule has 1 aromatic carbocycles. The maximum absolute atomic E-state index is 12.8. The Morgan fingerprint density at radius 3 is 2.63 bits per heavy atom. The minimum absolute atomic E-state index is 0.0492. The maximum atomic E-state index is 12.8. The van der Waals surface area contributed by atoms with Crippen molar-refractivity contribution in [1.29, 1.82) is 0 Å². The first-order valence-corrected chi connectivity index (χ1v) is 7.19. The topological polar surface area (TPSA) is 46.3 Å². The summed E-state index contributed by atoms with van der Waals surface area (Å²) in [7, 11) is 0. The van der Waals surface area contributed by atoms with Gasteiger partial charge in [0.15, 0.2) is 0 Å². The van der Waals surface area contributed by atoms with E-state index in [1.807, 2.05) is 42.2 Å². The molecule has 0 saturated carbocycles. The van der Waals surface area contributed by atoms with E-state index in [-0.39, 0.29) is 5.91 Å². The standard InChI is InChI=1S/C16H24N2O/c1-13-9-5-4-8-12-18(13)15(19)16(2,17)14-10-6-3-7-11-14/h3,6-7,10-11,13H,4-5,8-9,12,17H2,1-2H3. The first-order valence-electron chi connectivity index (χ1n) is 7.19. The first-order chi connectivity index (χ1) is 9.03. The molecule has 3 nitrogen and oxygen atoms in total. The van der Waals surface area contributed by atoms with Crippen molar-refractivity contribution in [3.8, 4) is 0 Å². The van der Waals surface area contributed by atoms with Gasteiger partial charge in [0.05, 0.1) is 0 Å². The maximum Gasteiger partial charge on any atom is 0.247 e. The van der Waals surface area contributed by atoms with Gasteiger partial charge in [-0.1, -0.05) is 43.2 Å². The quantitative estimate of drug-likeness (QED) is 0.888. The molecule has 1 aliphatic rings. The molecular weight excluding hydrogens is 236 g/mol. The summed E-state index contributed by atoms with van der Waals surface area (Å²) >= 11 is 0. The Morgan fingerprint density at radius 2 is 1.95 bits per heavy atom. The van der Waals surface area contributed by atoms with Crippen molar-refractivity contribution in [1.82, 2.24) is 4.90 Å².